The van der Waals surface area contributed by atoms with Crippen LogP contribution < -0.4 is 0 Å². The molecule has 0 aliphatic carbocycles. The Kier molecular flexibility index (Phi) is 5.26. The zero-order valence-electron chi connectivity index (χ0n) is 10.2. The summed E-state index contributed by atoms with van der Waals surface area (Å²) in [6.45, 7) is 9.05. The van der Waals surface area contributed by atoms with Gasteiger partial charge >= 0.3 is 6.09 Å². The number of rotatable bonds is 1. The van der Waals surface area contributed by atoms with Crippen LogP contribution >= 0.6 is 0 Å². The number of likely N-dealkylation sites (tertiary alicyclic amines) is 1. The first kappa shape index (κ1) is 15.2. The summed E-state index contributed by atoms with van der Waals surface area (Å²) in [5.41, 5.74) is -0.425. The highest BCUT2D eigenvalue weighted by molar-refractivity contribution is 5.68. The third-order valence-electron chi connectivity index (χ3n) is 2.50. The second kappa shape index (κ2) is 5.53. The fraction of sp³-hybridized carbons (Fsp3) is 0.917. The van der Waals surface area contributed by atoms with Gasteiger partial charge in [-0.15, -0.1) is 0 Å². The Balaban J connectivity index is 0.00000225. The minimum absolute atomic E-state index is 0. The Morgan fingerprint density at radius 2 is 1.88 bits per heavy atom. The number of carbonyl (C=O) groups is 1. The predicted octanol–water partition coefficient (Wildman–Crippen LogP) is 2.52. The minimum Gasteiger partial charge on any atom is -0.444 e. The molecule has 0 radical (unpaired) electrons. The molecule has 4 heteroatoms. The van der Waals surface area contributed by atoms with Crippen LogP contribution in [0.5, 0.6) is 0 Å². The van der Waals surface area contributed by atoms with Crippen molar-refractivity contribution in [3.05, 3.63) is 0 Å². The van der Waals surface area contributed by atoms with E-state index in [0.717, 1.165) is 0 Å². The van der Waals surface area contributed by atoms with Crippen LogP contribution in [0.2, 0.25) is 0 Å². The van der Waals surface area contributed by atoms with Crippen molar-refractivity contribution in [2.75, 3.05) is 20.2 Å². The van der Waals surface area contributed by atoms with Crippen LogP contribution in [-0.2, 0) is 9.47 Å². The van der Waals surface area contributed by atoms with E-state index in [4.69, 9.17) is 9.47 Å². The van der Waals surface area contributed by atoms with Crippen molar-refractivity contribution in [2.45, 2.75) is 46.8 Å². The fourth-order valence-electron chi connectivity index (χ4n) is 1.72. The molecule has 1 fully saturated rings. The maximum absolute atomic E-state index is 11.7. The quantitative estimate of drug-likeness (QED) is 0.696. The van der Waals surface area contributed by atoms with E-state index >= 15 is 0 Å². The number of amides is 1. The lowest BCUT2D eigenvalue weighted by Gasteiger charge is -2.24. The van der Waals surface area contributed by atoms with Gasteiger partial charge in [0.05, 0.1) is 12.6 Å². The molecule has 0 unspecified atom stereocenters. The summed E-state index contributed by atoms with van der Waals surface area (Å²) in [4.78, 5) is 13.4. The summed E-state index contributed by atoms with van der Waals surface area (Å²) in [5, 5.41) is 0. The number of hydrogen-bond acceptors (Lipinski definition) is 3. The highest BCUT2D eigenvalue weighted by Gasteiger charge is 2.34. The van der Waals surface area contributed by atoms with Gasteiger partial charge in [-0.1, -0.05) is 14.4 Å². The van der Waals surface area contributed by atoms with E-state index in [2.05, 4.69) is 6.92 Å². The van der Waals surface area contributed by atoms with E-state index in [1.165, 1.54) is 0 Å². The molecule has 0 aromatic carbocycles. The first-order valence-electron chi connectivity index (χ1n) is 5.34. The average molecular weight is 231 g/mol. The van der Waals surface area contributed by atoms with E-state index in [-0.39, 0.29) is 19.6 Å². The van der Waals surface area contributed by atoms with Crippen molar-refractivity contribution in [3.8, 4) is 0 Å². The zero-order valence-corrected chi connectivity index (χ0v) is 10.2. The molecule has 4 nitrogen and oxygen atoms in total. The normalized spacial score (nSPS) is 25.2. The number of nitrogens with zero attached hydrogens (tertiary/aromatic N) is 1. The van der Waals surface area contributed by atoms with Crippen molar-refractivity contribution >= 4 is 6.09 Å². The van der Waals surface area contributed by atoms with Crippen LogP contribution in [0.25, 0.3) is 0 Å². The highest BCUT2D eigenvalue weighted by atomic mass is 16.6. The Morgan fingerprint density at radius 3 is 2.25 bits per heavy atom. The number of methoxy groups -OCH3 is 1. The molecule has 0 aromatic heterocycles. The first-order chi connectivity index (χ1) is 6.83. The van der Waals surface area contributed by atoms with Crippen molar-refractivity contribution in [3.63, 3.8) is 0 Å². The van der Waals surface area contributed by atoms with Crippen molar-refractivity contribution in [1.29, 1.82) is 0 Å². The lowest BCUT2D eigenvalue weighted by molar-refractivity contribution is 0.0252. The molecule has 0 spiro atoms. The molecule has 0 aromatic rings. The molecule has 16 heavy (non-hydrogen) atoms. The van der Waals surface area contributed by atoms with Gasteiger partial charge in [-0.05, 0) is 20.8 Å². The molecule has 96 valence electrons. The molecule has 1 aliphatic heterocycles. The molecule has 1 amide bonds. The van der Waals surface area contributed by atoms with E-state index in [9.17, 15) is 4.79 Å². The van der Waals surface area contributed by atoms with Gasteiger partial charge in [-0.2, -0.15) is 0 Å². The smallest absolute Gasteiger partial charge is 0.410 e. The largest absolute Gasteiger partial charge is 0.444 e. The Bertz CT molecular complexity index is 235. The number of ether oxygens (including phenoxy) is 2. The van der Waals surface area contributed by atoms with Gasteiger partial charge in [0.15, 0.2) is 0 Å². The van der Waals surface area contributed by atoms with E-state index in [1.54, 1.807) is 12.0 Å². The van der Waals surface area contributed by atoms with Crippen LogP contribution in [-0.4, -0.2) is 42.9 Å². The lowest BCUT2D eigenvalue weighted by atomic mass is 10.1. The molecular formula is C12H25NO3. The maximum Gasteiger partial charge on any atom is 0.410 e. The summed E-state index contributed by atoms with van der Waals surface area (Å²) in [6, 6.07) is 0. The van der Waals surface area contributed by atoms with Gasteiger partial charge in [0.1, 0.15) is 5.60 Å². The summed E-state index contributed by atoms with van der Waals surface area (Å²) >= 11 is 0. The van der Waals surface area contributed by atoms with Gasteiger partial charge in [0, 0.05) is 19.6 Å². The van der Waals surface area contributed by atoms with Crippen molar-refractivity contribution in [2.24, 2.45) is 5.92 Å². The van der Waals surface area contributed by atoms with Crippen LogP contribution in [0.1, 0.15) is 35.1 Å². The summed E-state index contributed by atoms with van der Waals surface area (Å²) in [6.07, 6.45) is -0.105. The second-order valence-electron chi connectivity index (χ2n) is 5.14. The third kappa shape index (κ3) is 4.00. The fourth-order valence-corrected chi connectivity index (χ4v) is 1.72. The predicted molar refractivity (Wildman–Crippen MR) is 64.5 cm³/mol. The van der Waals surface area contributed by atoms with E-state index < -0.39 is 5.60 Å². The van der Waals surface area contributed by atoms with Gasteiger partial charge in [0.25, 0.3) is 0 Å². The molecule has 0 bridgehead atoms. The second-order valence-corrected chi connectivity index (χ2v) is 5.14. The summed E-state index contributed by atoms with van der Waals surface area (Å²) < 4.78 is 10.6. The Labute approximate surface area is 98.9 Å². The van der Waals surface area contributed by atoms with Gasteiger partial charge in [-0.25, -0.2) is 4.79 Å². The molecule has 0 N–H and O–H groups in total. The van der Waals surface area contributed by atoms with E-state index in [1.807, 2.05) is 20.8 Å². The molecule has 1 aliphatic rings. The van der Waals surface area contributed by atoms with Crippen molar-refractivity contribution in [1.82, 2.24) is 4.90 Å². The zero-order chi connectivity index (χ0) is 11.6. The Hall–Kier alpha value is -0.770. The maximum atomic E-state index is 11.7. The van der Waals surface area contributed by atoms with Crippen LogP contribution in [0.15, 0.2) is 0 Å². The summed E-state index contributed by atoms with van der Waals surface area (Å²) in [5.74, 6) is 0.377. The molecule has 0 saturated carbocycles. The van der Waals surface area contributed by atoms with Crippen LogP contribution in [0, 0.1) is 5.92 Å². The van der Waals surface area contributed by atoms with Crippen molar-refractivity contribution < 1.29 is 14.3 Å². The molecular weight excluding hydrogens is 206 g/mol. The SMILES string of the molecule is C.CO[C@H]1CN(C(=O)OC(C)(C)C)C[C@@H]1C. The standard InChI is InChI=1S/C11H21NO3.CH4/c1-8-6-12(7-9(8)14-5)10(13)15-11(2,3)4;/h8-9H,6-7H2,1-5H3;1H4/t8-,9-;/m0./s1. The molecule has 1 rings (SSSR count). The van der Waals surface area contributed by atoms with Gasteiger partial charge < -0.3 is 14.4 Å². The topological polar surface area (TPSA) is 38.8 Å². The molecule has 1 saturated heterocycles. The van der Waals surface area contributed by atoms with Gasteiger partial charge in [-0.3, -0.25) is 0 Å². The Morgan fingerprint density at radius 1 is 1.31 bits per heavy atom. The van der Waals surface area contributed by atoms with E-state index in [0.29, 0.717) is 19.0 Å². The lowest BCUT2D eigenvalue weighted by Crippen LogP contribution is -2.36. The van der Waals surface area contributed by atoms with Gasteiger partial charge in [0.2, 0.25) is 0 Å². The number of carbonyl (C=O) groups excluding carboxylic acids is 1. The number of hydrogen-bond donors (Lipinski definition) is 0. The molecule has 2 atom stereocenters. The molecule has 1 heterocycles. The summed E-state index contributed by atoms with van der Waals surface area (Å²) in [7, 11) is 1.68. The minimum atomic E-state index is -0.425. The average Bonchev–Trinajstić information content (AvgIpc) is 2.43. The first-order valence-corrected chi connectivity index (χ1v) is 5.34. The monoisotopic (exact) mass is 231 g/mol. The van der Waals surface area contributed by atoms with Crippen LogP contribution in [0.4, 0.5) is 4.79 Å². The van der Waals surface area contributed by atoms with Crippen LogP contribution in [0.3, 0.4) is 0 Å². The highest BCUT2D eigenvalue weighted by Crippen LogP contribution is 2.21. The third-order valence-corrected chi connectivity index (χ3v) is 2.50.